The number of hydrogen-bond acceptors (Lipinski definition) is 10. The topological polar surface area (TPSA) is 166 Å². The van der Waals surface area contributed by atoms with Crippen molar-refractivity contribution < 1.29 is 42.9 Å². The molecule has 216 valence electrons. The fourth-order valence-electron chi connectivity index (χ4n) is 4.17. The highest BCUT2D eigenvalue weighted by atomic mass is 16.7. The van der Waals surface area contributed by atoms with Crippen LogP contribution in [0.1, 0.15) is 23.6 Å². The number of carbonyl (C=O) groups is 4. The molecule has 13 heteroatoms. The second-order valence-electron chi connectivity index (χ2n) is 9.10. The predicted molar refractivity (Wildman–Crippen MR) is 145 cm³/mol. The van der Waals surface area contributed by atoms with Gasteiger partial charge in [0, 0.05) is 11.5 Å². The van der Waals surface area contributed by atoms with Crippen molar-refractivity contribution in [3.63, 3.8) is 0 Å². The van der Waals surface area contributed by atoms with E-state index in [0.29, 0.717) is 5.56 Å². The van der Waals surface area contributed by atoms with Crippen LogP contribution in [0.3, 0.4) is 0 Å². The van der Waals surface area contributed by atoms with E-state index in [4.69, 9.17) is 23.7 Å². The molecule has 1 fully saturated rings. The van der Waals surface area contributed by atoms with Gasteiger partial charge in [-0.1, -0.05) is 71.8 Å². The highest BCUT2D eigenvalue weighted by Crippen LogP contribution is 2.42. The van der Waals surface area contributed by atoms with Gasteiger partial charge in [-0.05, 0) is 41.3 Å². The Bertz CT molecular complexity index is 1510. The van der Waals surface area contributed by atoms with E-state index in [9.17, 15) is 24.7 Å². The van der Waals surface area contributed by atoms with Crippen LogP contribution in [0, 0.1) is 0 Å². The highest BCUT2D eigenvalue weighted by Gasteiger charge is 2.56. The maximum absolute atomic E-state index is 13.2. The van der Waals surface area contributed by atoms with Crippen LogP contribution in [0.15, 0.2) is 84.0 Å². The van der Waals surface area contributed by atoms with Gasteiger partial charge >= 0.3 is 18.3 Å². The van der Waals surface area contributed by atoms with Crippen molar-refractivity contribution in [3.05, 3.63) is 106 Å². The quantitative estimate of drug-likeness (QED) is 0.0614. The molecule has 0 aliphatic carbocycles. The van der Waals surface area contributed by atoms with Crippen LogP contribution < -0.4 is 9.47 Å². The van der Waals surface area contributed by atoms with Crippen molar-refractivity contribution in [1.29, 1.82) is 0 Å². The van der Waals surface area contributed by atoms with Gasteiger partial charge in [-0.2, -0.15) is 0 Å². The number of azide groups is 1. The molecule has 2 atom stereocenters. The Labute approximate surface area is 240 Å². The van der Waals surface area contributed by atoms with Gasteiger partial charge in [0.2, 0.25) is 5.91 Å². The molecule has 1 aliphatic rings. The minimum Gasteiger partial charge on any atom is -0.467 e. The van der Waals surface area contributed by atoms with Crippen molar-refractivity contribution in [2.45, 2.75) is 31.7 Å². The Morgan fingerprint density at radius 2 is 1.45 bits per heavy atom. The number of benzene rings is 3. The number of ether oxygens (including phenoxy) is 5. The van der Waals surface area contributed by atoms with Gasteiger partial charge in [-0.3, -0.25) is 4.79 Å². The lowest BCUT2D eigenvalue weighted by molar-refractivity contribution is -0.165. The third-order valence-electron chi connectivity index (χ3n) is 6.45. The average Bonchev–Trinajstić information content (AvgIpc) is 3.01. The van der Waals surface area contributed by atoms with Crippen LogP contribution in [0.4, 0.5) is 9.59 Å². The van der Waals surface area contributed by atoms with Gasteiger partial charge in [0.15, 0.2) is 17.0 Å². The summed E-state index contributed by atoms with van der Waals surface area (Å²) in [6, 6.07) is 20.7. The van der Waals surface area contributed by atoms with E-state index < -0.39 is 35.8 Å². The zero-order valence-corrected chi connectivity index (χ0v) is 22.7. The molecule has 1 saturated heterocycles. The van der Waals surface area contributed by atoms with E-state index in [0.717, 1.165) is 5.56 Å². The fourth-order valence-corrected chi connectivity index (χ4v) is 4.17. The minimum absolute atomic E-state index is 0.0736. The molecule has 0 radical (unpaired) electrons. The summed E-state index contributed by atoms with van der Waals surface area (Å²) in [4.78, 5) is 54.3. The SMILES string of the molecule is COC(=O)C(C)N1CC(N=[N+]=[N-])(c2ccc(OC(=O)OCc3ccccc3)c(OC(=O)OCc3ccccc3)c2)C1=O. The number of carbonyl (C=O) groups excluding carboxylic acids is 4. The normalized spacial score (nSPS) is 16.2. The van der Waals surface area contributed by atoms with Gasteiger partial charge in [0.1, 0.15) is 19.3 Å². The number of likely N-dealkylation sites (tertiary alicyclic amines) is 1. The Kier molecular flexibility index (Phi) is 9.25. The summed E-state index contributed by atoms with van der Waals surface area (Å²) in [6.07, 6.45) is -2.21. The van der Waals surface area contributed by atoms with Gasteiger partial charge in [0.05, 0.1) is 7.11 Å². The Morgan fingerprint density at radius 1 is 0.905 bits per heavy atom. The van der Waals surface area contributed by atoms with Crippen molar-refractivity contribution in [3.8, 4) is 11.5 Å². The van der Waals surface area contributed by atoms with E-state index in [-0.39, 0.29) is 36.8 Å². The molecular weight excluding hydrogens is 548 g/mol. The van der Waals surface area contributed by atoms with E-state index in [1.165, 1.54) is 37.1 Å². The molecule has 0 bridgehead atoms. The first-order chi connectivity index (χ1) is 20.3. The third-order valence-corrected chi connectivity index (χ3v) is 6.45. The predicted octanol–water partition coefficient (Wildman–Crippen LogP) is 5.03. The van der Waals surface area contributed by atoms with Gasteiger partial charge in [0.25, 0.3) is 0 Å². The van der Waals surface area contributed by atoms with Crippen molar-refractivity contribution >= 4 is 24.2 Å². The lowest BCUT2D eigenvalue weighted by Crippen LogP contribution is -2.67. The second-order valence-corrected chi connectivity index (χ2v) is 9.10. The number of hydrogen-bond donors (Lipinski definition) is 0. The van der Waals surface area contributed by atoms with E-state index in [1.807, 2.05) is 12.1 Å². The van der Waals surface area contributed by atoms with Crippen molar-refractivity contribution in [2.75, 3.05) is 13.7 Å². The first kappa shape index (κ1) is 29.4. The smallest absolute Gasteiger partial charge is 0.467 e. The molecule has 0 saturated carbocycles. The number of β-lactam (4-membered cyclic amide) rings is 1. The van der Waals surface area contributed by atoms with Crippen LogP contribution in [-0.2, 0) is 42.6 Å². The first-order valence-electron chi connectivity index (χ1n) is 12.6. The van der Waals surface area contributed by atoms with Crippen molar-refractivity contribution in [2.24, 2.45) is 5.11 Å². The molecule has 42 heavy (non-hydrogen) atoms. The summed E-state index contributed by atoms with van der Waals surface area (Å²) in [6.45, 7) is 1.13. The molecule has 1 heterocycles. The number of esters is 1. The largest absolute Gasteiger partial charge is 0.514 e. The summed E-state index contributed by atoms with van der Waals surface area (Å²) >= 11 is 0. The van der Waals surface area contributed by atoms with Crippen molar-refractivity contribution in [1.82, 2.24) is 4.90 Å². The standard InChI is InChI=1S/C29H26N4O9/c1-19(25(34)38-2)33-18-29(26(33)35,31-32-30)22-13-14-23(41-27(36)39-16-20-9-5-3-6-10-20)24(15-22)42-28(37)40-17-21-11-7-4-8-12-21/h3-15,19H,16-18H2,1-2H3. The maximum atomic E-state index is 13.2. The van der Waals surface area contributed by atoms with E-state index in [2.05, 4.69) is 10.0 Å². The monoisotopic (exact) mass is 574 g/mol. The van der Waals surface area contributed by atoms with Gasteiger partial charge in [-0.15, -0.1) is 0 Å². The Morgan fingerprint density at radius 3 is 1.95 bits per heavy atom. The second kappa shape index (κ2) is 13.2. The van der Waals surface area contributed by atoms with E-state index >= 15 is 0 Å². The zero-order valence-electron chi connectivity index (χ0n) is 22.7. The molecule has 13 nitrogen and oxygen atoms in total. The van der Waals surface area contributed by atoms with Gasteiger partial charge < -0.3 is 28.6 Å². The fraction of sp³-hybridized carbons (Fsp3) is 0.241. The molecule has 0 spiro atoms. The zero-order chi connectivity index (χ0) is 30.1. The van der Waals surface area contributed by atoms with Crippen LogP contribution in [-0.4, -0.2) is 48.8 Å². The lowest BCUT2D eigenvalue weighted by atomic mass is 9.81. The van der Waals surface area contributed by atoms with Gasteiger partial charge in [-0.25, -0.2) is 14.4 Å². The molecule has 2 unspecified atom stereocenters. The number of amides is 1. The summed E-state index contributed by atoms with van der Waals surface area (Å²) in [5.41, 5.74) is 9.03. The number of methoxy groups -OCH3 is 1. The van der Waals surface area contributed by atoms with Crippen LogP contribution in [0.25, 0.3) is 10.4 Å². The summed E-state index contributed by atoms with van der Waals surface area (Å²) in [5, 5.41) is 3.71. The van der Waals surface area contributed by atoms with Crippen LogP contribution in [0.5, 0.6) is 11.5 Å². The highest BCUT2D eigenvalue weighted by molar-refractivity contribution is 5.97. The lowest BCUT2D eigenvalue weighted by Gasteiger charge is -2.48. The maximum Gasteiger partial charge on any atom is 0.514 e. The molecule has 0 N–H and O–H groups in total. The van der Waals surface area contributed by atoms with E-state index in [1.54, 1.807) is 48.5 Å². The first-order valence-corrected chi connectivity index (χ1v) is 12.6. The Balaban J connectivity index is 1.58. The Hall–Kier alpha value is -5.55. The molecule has 3 aromatic carbocycles. The number of nitrogens with zero attached hydrogens (tertiary/aromatic N) is 4. The average molecular weight is 575 g/mol. The minimum atomic E-state index is -1.75. The van der Waals surface area contributed by atoms with Crippen LogP contribution in [0.2, 0.25) is 0 Å². The summed E-state index contributed by atoms with van der Waals surface area (Å²) in [5.74, 6) is -1.86. The summed E-state index contributed by atoms with van der Waals surface area (Å²) in [7, 11) is 1.19. The molecule has 3 aromatic rings. The molecule has 1 aliphatic heterocycles. The molecule has 1 amide bonds. The molecule has 0 aromatic heterocycles. The van der Waals surface area contributed by atoms with Crippen LogP contribution >= 0.6 is 0 Å². The summed E-state index contributed by atoms with van der Waals surface area (Å²) < 4.78 is 25.7. The third kappa shape index (κ3) is 6.60. The number of rotatable bonds is 10. The molecule has 4 rings (SSSR count). The molecular formula is C29H26N4O9.